The zero-order valence-electron chi connectivity index (χ0n) is 10.2. The number of anilines is 1. The molecule has 1 aromatic rings. The van der Waals surface area contributed by atoms with E-state index in [4.69, 9.17) is 10.9 Å². The predicted octanol–water partition coefficient (Wildman–Crippen LogP) is -0.761. The van der Waals surface area contributed by atoms with Gasteiger partial charge in [0.1, 0.15) is 11.6 Å². The minimum absolute atomic E-state index is 0.0330. The summed E-state index contributed by atoms with van der Waals surface area (Å²) < 4.78 is 27.7. The van der Waals surface area contributed by atoms with E-state index >= 15 is 0 Å². The Bertz CT molecular complexity index is 549. The smallest absolute Gasteiger partial charge is 0.360 e. The summed E-state index contributed by atoms with van der Waals surface area (Å²) in [5.41, 5.74) is 5.78. The number of nitrogen functional groups attached to an aromatic ring is 1. The average Bonchev–Trinajstić information content (AvgIpc) is 2.54. The molecule has 0 aliphatic carbocycles. The molecule has 1 aromatic heterocycles. The van der Waals surface area contributed by atoms with Crippen LogP contribution in [0.1, 0.15) is 22.7 Å². The van der Waals surface area contributed by atoms with Crippen molar-refractivity contribution in [1.29, 1.82) is 0 Å². The van der Waals surface area contributed by atoms with E-state index in [-0.39, 0.29) is 17.3 Å². The van der Waals surface area contributed by atoms with Crippen LogP contribution in [0.5, 0.6) is 0 Å². The first-order valence-corrected chi connectivity index (χ1v) is 6.89. The Kier molecular flexibility index (Phi) is 4.30. The van der Waals surface area contributed by atoms with Crippen LogP contribution in [-0.4, -0.2) is 36.8 Å². The molecule has 1 rings (SSSR count). The number of aryl methyl sites for hydroxylation is 1. The van der Waals surface area contributed by atoms with Gasteiger partial charge in [0.2, 0.25) is 10.0 Å². The fourth-order valence-electron chi connectivity index (χ4n) is 1.53. The Balaban J connectivity index is 2.84. The summed E-state index contributed by atoms with van der Waals surface area (Å²) in [4.78, 5) is 15.3. The van der Waals surface area contributed by atoms with Gasteiger partial charge >= 0.3 is 5.97 Å². The van der Waals surface area contributed by atoms with Crippen LogP contribution >= 0.6 is 0 Å². The topological polar surface area (TPSA) is 130 Å². The number of aromatic nitrogens is 2. The monoisotopic (exact) mass is 276 g/mol. The van der Waals surface area contributed by atoms with Crippen molar-refractivity contribution in [2.24, 2.45) is 5.14 Å². The molecule has 18 heavy (non-hydrogen) atoms. The number of rotatable bonds is 5. The van der Waals surface area contributed by atoms with Gasteiger partial charge in [0.05, 0.1) is 12.9 Å². The summed E-state index contributed by atoms with van der Waals surface area (Å²) in [6, 6.07) is 0. The third kappa shape index (κ3) is 3.44. The largest absolute Gasteiger partial charge is 0.464 e. The van der Waals surface area contributed by atoms with Crippen LogP contribution in [0.4, 0.5) is 5.82 Å². The third-order valence-corrected chi connectivity index (χ3v) is 3.24. The van der Waals surface area contributed by atoms with Gasteiger partial charge in [0.25, 0.3) is 0 Å². The fraction of sp³-hybridized carbons (Fsp3) is 0.556. The highest BCUT2D eigenvalue weighted by Gasteiger charge is 2.19. The summed E-state index contributed by atoms with van der Waals surface area (Å²) in [5.74, 6) is -0.102. The first kappa shape index (κ1) is 14.5. The summed E-state index contributed by atoms with van der Waals surface area (Å²) in [6.07, 6.45) is 0.293. The van der Waals surface area contributed by atoms with Gasteiger partial charge in [-0.3, -0.25) is 0 Å². The summed E-state index contributed by atoms with van der Waals surface area (Å²) in [6.45, 7) is 1.98. The molecular weight excluding hydrogens is 260 g/mol. The second kappa shape index (κ2) is 5.36. The first-order chi connectivity index (χ1) is 8.26. The lowest BCUT2D eigenvalue weighted by Gasteiger charge is -2.06. The van der Waals surface area contributed by atoms with Crippen molar-refractivity contribution in [3.63, 3.8) is 0 Å². The molecule has 0 bridgehead atoms. The Hall–Kier alpha value is -1.61. The Morgan fingerprint density at radius 2 is 2.11 bits per heavy atom. The minimum Gasteiger partial charge on any atom is -0.464 e. The number of hydrogen-bond acceptors (Lipinski definition) is 6. The number of methoxy groups -OCH3 is 1. The standard InChI is InChI=1S/C9H16N4O4S/c1-6-12-7(9(14)17-2)8(10)13(6)4-3-5-18(11,15)16/h3-5,10H2,1-2H3,(H2,11,15,16). The molecule has 0 radical (unpaired) electrons. The van der Waals surface area contributed by atoms with Crippen molar-refractivity contribution in [3.05, 3.63) is 11.5 Å². The minimum atomic E-state index is -3.50. The molecule has 8 nitrogen and oxygen atoms in total. The predicted molar refractivity (Wildman–Crippen MR) is 65.3 cm³/mol. The van der Waals surface area contributed by atoms with Crippen molar-refractivity contribution in [1.82, 2.24) is 9.55 Å². The second-order valence-corrected chi connectivity index (χ2v) is 5.49. The van der Waals surface area contributed by atoms with Gasteiger partial charge in [0, 0.05) is 6.54 Å². The maximum absolute atomic E-state index is 11.3. The molecular formula is C9H16N4O4S. The van der Waals surface area contributed by atoms with Gasteiger partial charge < -0.3 is 15.0 Å². The zero-order valence-corrected chi connectivity index (χ0v) is 11.0. The Labute approximate surface area is 105 Å². The maximum Gasteiger partial charge on any atom is 0.360 e. The number of primary sulfonamides is 1. The molecule has 1 heterocycles. The van der Waals surface area contributed by atoms with Gasteiger partial charge in [-0.1, -0.05) is 0 Å². The van der Waals surface area contributed by atoms with E-state index in [2.05, 4.69) is 9.72 Å². The number of hydrogen-bond donors (Lipinski definition) is 2. The number of imidazole rings is 1. The van der Waals surface area contributed by atoms with Crippen molar-refractivity contribution < 1.29 is 17.9 Å². The molecule has 0 amide bonds. The molecule has 0 unspecified atom stereocenters. The van der Waals surface area contributed by atoms with Gasteiger partial charge in [-0.15, -0.1) is 0 Å². The van der Waals surface area contributed by atoms with Crippen LogP contribution < -0.4 is 10.9 Å². The highest BCUT2D eigenvalue weighted by Crippen LogP contribution is 2.15. The number of ether oxygens (including phenoxy) is 1. The maximum atomic E-state index is 11.3. The van der Waals surface area contributed by atoms with Gasteiger partial charge in [-0.05, 0) is 13.3 Å². The number of sulfonamides is 1. The van der Waals surface area contributed by atoms with E-state index in [9.17, 15) is 13.2 Å². The third-order valence-electron chi connectivity index (χ3n) is 2.39. The number of carbonyl (C=O) groups is 1. The van der Waals surface area contributed by atoms with Crippen LogP contribution in [0.25, 0.3) is 0 Å². The van der Waals surface area contributed by atoms with Gasteiger partial charge in [-0.2, -0.15) is 0 Å². The lowest BCUT2D eigenvalue weighted by Crippen LogP contribution is -2.18. The molecule has 0 aliphatic heterocycles. The molecule has 0 aromatic carbocycles. The first-order valence-electron chi connectivity index (χ1n) is 5.17. The van der Waals surface area contributed by atoms with Crippen molar-refractivity contribution >= 4 is 21.8 Å². The van der Waals surface area contributed by atoms with E-state index in [1.54, 1.807) is 11.5 Å². The quantitative estimate of drug-likeness (QED) is 0.680. The Morgan fingerprint density at radius 1 is 1.50 bits per heavy atom. The molecule has 102 valence electrons. The number of carbonyl (C=O) groups excluding carboxylic acids is 1. The molecule has 4 N–H and O–H groups in total. The van der Waals surface area contributed by atoms with Gasteiger partial charge in [-0.25, -0.2) is 23.3 Å². The van der Waals surface area contributed by atoms with Crippen molar-refractivity contribution in [3.8, 4) is 0 Å². The van der Waals surface area contributed by atoms with Crippen LogP contribution in [-0.2, 0) is 21.3 Å². The van der Waals surface area contributed by atoms with E-state index in [0.717, 1.165) is 0 Å². The normalized spacial score (nSPS) is 11.5. The number of esters is 1. The summed E-state index contributed by atoms with van der Waals surface area (Å²) in [7, 11) is -2.27. The lowest BCUT2D eigenvalue weighted by molar-refractivity contribution is 0.0595. The van der Waals surface area contributed by atoms with Crippen LogP contribution in [0.3, 0.4) is 0 Å². The van der Waals surface area contributed by atoms with Crippen molar-refractivity contribution in [2.45, 2.75) is 19.9 Å². The van der Waals surface area contributed by atoms with Crippen LogP contribution in [0.2, 0.25) is 0 Å². The van der Waals surface area contributed by atoms with E-state index in [1.807, 2.05) is 0 Å². The Morgan fingerprint density at radius 3 is 2.61 bits per heavy atom. The van der Waals surface area contributed by atoms with Crippen LogP contribution in [0, 0.1) is 6.92 Å². The highest BCUT2D eigenvalue weighted by atomic mass is 32.2. The molecule has 0 spiro atoms. The van der Waals surface area contributed by atoms with Crippen LogP contribution in [0.15, 0.2) is 0 Å². The fourth-order valence-corrected chi connectivity index (χ4v) is 2.07. The molecule has 0 fully saturated rings. The molecule has 0 saturated carbocycles. The SMILES string of the molecule is COC(=O)c1nc(C)n(CCCS(N)(=O)=O)c1N. The molecule has 0 saturated heterocycles. The molecule has 0 aliphatic rings. The molecule has 9 heteroatoms. The summed E-state index contributed by atoms with van der Waals surface area (Å²) in [5, 5.41) is 4.89. The lowest BCUT2D eigenvalue weighted by atomic mass is 10.4. The second-order valence-electron chi connectivity index (χ2n) is 3.76. The number of nitrogens with zero attached hydrogens (tertiary/aromatic N) is 2. The molecule has 0 atom stereocenters. The summed E-state index contributed by atoms with van der Waals surface area (Å²) >= 11 is 0. The van der Waals surface area contributed by atoms with Gasteiger partial charge in [0.15, 0.2) is 5.69 Å². The number of nitrogens with two attached hydrogens (primary N) is 2. The van der Waals surface area contributed by atoms with E-state index in [0.29, 0.717) is 18.8 Å². The zero-order chi connectivity index (χ0) is 13.9. The van der Waals surface area contributed by atoms with E-state index in [1.165, 1.54) is 7.11 Å². The average molecular weight is 276 g/mol. The van der Waals surface area contributed by atoms with E-state index < -0.39 is 16.0 Å². The van der Waals surface area contributed by atoms with Crippen molar-refractivity contribution in [2.75, 3.05) is 18.6 Å². The highest BCUT2D eigenvalue weighted by molar-refractivity contribution is 7.89.